The molecular formula is C13H13BrINO. The molecule has 1 aromatic carbocycles. The monoisotopic (exact) mass is 405 g/mol. The number of hydrogen-bond donors (Lipinski definition) is 1. The van der Waals surface area contributed by atoms with E-state index < -0.39 is 0 Å². The lowest BCUT2D eigenvalue weighted by molar-refractivity contribution is 0.0934. The standard InChI is InChI=1S/C13H13BrINO/c14-12-7-6-9(15)8-11(12)13(17)16-10-4-2-1-3-5-10/h1-2,6-8,10H,3-5H2,(H,16,17). The van der Waals surface area contributed by atoms with Crippen LogP contribution in [0.5, 0.6) is 0 Å². The maximum atomic E-state index is 12.1. The summed E-state index contributed by atoms with van der Waals surface area (Å²) in [6.07, 6.45) is 7.33. The first-order valence-electron chi connectivity index (χ1n) is 5.58. The quantitative estimate of drug-likeness (QED) is 0.586. The van der Waals surface area contributed by atoms with Gasteiger partial charge >= 0.3 is 0 Å². The summed E-state index contributed by atoms with van der Waals surface area (Å²) in [4.78, 5) is 12.1. The molecular weight excluding hydrogens is 393 g/mol. The van der Waals surface area contributed by atoms with E-state index in [2.05, 4.69) is 56.0 Å². The number of carbonyl (C=O) groups excluding carboxylic acids is 1. The van der Waals surface area contributed by atoms with Crippen molar-refractivity contribution in [2.24, 2.45) is 0 Å². The summed E-state index contributed by atoms with van der Waals surface area (Å²) in [5.41, 5.74) is 0.714. The third-order valence-electron chi connectivity index (χ3n) is 2.78. The fourth-order valence-corrected chi connectivity index (χ4v) is 2.78. The molecule has 1 N–H and O–H groups in total. The van der Waals surface area contributed by atoms with Crippen molar-refractivity contribution in [2.75, 3.05) is 0 Å². The van der Waals surface area contributed by atoms with E-state index in [0.717, 1.165) is 27.3 Å². The van der Waals surface area contributed by atoms with E-state index in [1.54, 1.807) is 0 Å². The summed E-state index contributed by atoms with van der Waals surface area (Å²) >= 11 is 5.63. The van der Waals surface area contributed by atoms with E-state index in [-0.39, 0.29) is 11.9 Å². The highest BCUT2D eigenvalue weighted by Crippen LogP contribution is 2.20. The number of hydrogen-bond acceptors (Lipinski definition) is 1. The second-order valence-electron chi connectivity index (χ2n) is 4.08. The number of benzene rings is 1. The molecule has 1 aliphatic rings. The van der Waals surface area contributed by atoms with Crippen LogP contribution in [0.2, 0.25) is 0 Å². The van der Waals surface area contributed by atoms with E-state index in [0.29, 0.717) is 5.56 Å². The molecule has 2 rings (SSSR count). The molecule has 4 heteroatoms. The lowest BCUT2D eigenvalue weighted by atomic mass is 10.0. The van der Waals surface area contributed by atoms with Gasteiger partial charge in [-0.05, 0) is 76.0 Å². The second-order valence-corrected chi connectivity index (χ2v) is 6.18. The van der Waals surface area contributed by atoms with Crippen molar-refractivity contribution >= 4 is 44.4 Å². The minimum absolute atomic E-state index is 0.00990. The van der Waals surface area contributed by atoms with E-state index in [1.807, 2.05) is 18.2 Å². The molecule has 17 heavy (non-hydrogen) atoms. The molecule has 0 spiro atoms. The molecule has 0 heterocycles. The van der Waals surface area contributed by atoms with Crippen LogP contribution in [0.25, 0.3) is 0 Å². The van der Waals surface area contributed by atoms with Crippen molar-refractivity contribution in [2.45, 2.75) is 25.3 Å². The summed E-state index contributed by atoms with van der Waals surface area (Å²) in [7, 11) is 0. The van der Waals surface area contributed by atoms with Crippen molar-refractivity contribution in [3.8, 4) is 0 Å². The number of halogens is 2. The summed E-state index contributed by atoms with van der Waals surface area (Å²) in [6, 6.07) is 6.07. The first-order chi connectivity index (χ1) is 8.16. The summed E-state index contributed by atoms with van der Waals surface area (Å²) in [5, 5.41) is 3.08. The fraction of sp³-hybridized carbons (Fsp3) is 0.308. The molecule has 0 fully saturated rings. The van der Waals surface area contributed by atoms with Gasteiger partial charge in [0.05, 0.1) is 5.56 Å². The van der Waals surface area contributed by atoms with Crippen LogP contribution in [-0.2, 0) is 0 Å². The fourth-order valence-electron chi connectivity index (χ4n) is 1.86. The average molecular weight is 406 g/mol. The van der Waals surface area contributed by atoms with Crippen LogP contribution in [0.4, 0.5) is 0 Å². The minimum Gasteiger partial charge on any atom is -0.349 e. The third-order valence-corrected chi connectivity index (χ3v) is 4.14. The Morgan fingerprint density at radius 2 is 2.24 bits per heavy atom. The van der Waals surface area contributed by atoms with Crippen LogP contribution in [0.1, 0.15) is 29.6 Å². The van der Waals surface area contributed by atoms with Crippen molar-refractivity contribution < 1.29 is 4.79 Å². The summed E-state index contributed by atoms with van der Waals surface area (Å²) in [6.45, 7) is 0. The van der Waals surface area contributed by atoms with Crippen LogP contribution in [-0.4, -0.2) is 11.9 Å². The third kappa shape index (κ3) is 3.55. The molecule has 90 valence electrons. The van der Waals surface area contributed by atoms with E-state index >= 15 is 0 Å². The predicted octanol–water partition coefficient (Wildman–Crippen LogP) is 3.89. The Morgan fingerprint density at radius 1 is 1.41 bits per heavy atom. The van der Waals surface area contributed by atoms with E-state index in [9.17, 15) is 4.79 Å². The molecule has 0 aliphatic heterocycles. The van der Waals surface area contributed by atoms with Gasteiger partial charge in [-0.15, -0.1) is 0 Å². The van der Waals surface area contributed by atoms with Crippen LogP contribution in [0.15, 0.2) is 34.8 Å². The highest BCUT2D eigenvalue weighted by atomic mass is 127. The molecule has 0 saturated heterocycles. The summed E-state index contributed by atoms with van der Waals surface area (Å²) < 4.78 is 1.92. The van der Waals surface area contributed by atoms with Crippen LogP contribution >= 0.6 is 38.5 Å². The number of allylic oxidation sites excluding steroid dienone is 1. The van der Waals surface area contributed by atoms with Crippen molar-refractivity contribution in [1.29, 1.82) is 0 Å². The first kappa shape index (κ1) is 13.1. The molecule has 0 saturated carbocycles. The van der Waals surface area contributed by atoms with Crippen molar-refractivity contribution in [3.63, 3.8) is 0 Å². The van der Waals surface area contributed by atoms with Gasteiger partial charge in [0.1, 0.15) is 0 Å². The molecule has 0 bridgehead atoms. The Balaban J connectivity index is 2.08. The first-order valence-corrected chi connectivity index (χ1v) is 7.45. The highest BCUT2D eigenvalue weighted by Gasteiger charge is 2.16. The Hall–Kier alpha value is -0.360. The lowest BCUT2D eigenvalue weighted by Gasteiger charge is -2.19. The molecule has 0 aromatic heterocycles. The highest BCUT2D eigenvalue weighted by molar-refractivity contribution is 14.1. The zero-order valence-corrected chi connectivity index (χ0v) is 13.0. The lowest BCUT2D eigenvalue weighted by Crippen LogP contribution is -2.35. The van der Waals surface area contributed by atoms with Gasteiger partial charge in [-0.1, -0.05) is 12.2 Å². The van der Waals surface area contributed by atoms with Crippen LogP contribution < -0.4 is 5.32 Å². The Labute approximate surface area is 123 Å². The topological polar surface area (TPSA) is 29.1 Å². The molecule has 1 unspecified atom stereocenters. The zero-order valence-electron chi connectivity index (χ0n) is 9.25. The van der Waals surface area contributed by atoms with Crippen molar-refractivity contribution in [1.82, 2.24) is 5.32 Å². The van der Waals surface area contributed by atoms with Gasteiger partial charge in [-0.2, -0.15) is 0 Å². The van der Waals surface area contributed by atoms with Gasteiger partial charge < -0.3 is 5.32 Å². The number of nitrogens with one attached hydrogen (secondary N) is 1. The molecule has 0 radical (unpaired) electrons. The largest absolute Gasteiger partial charge is 0.349 e. The zero-order chi connectivity index (χ0) is 12.3. The maximum absolute atomic E-state index is 12.1. The van der Waals surface area contributed by atoms with Gasteiger partial charge in [0.25, 0.3) is 5.91 Å². The molecule has 1 amide bonds. The van der Waals surface area contributed by atoms with Gasteiger partial charge in [0, 0.05) is 14.1 Å². The normalized spacial score (nSPS) is 19.1. The SMILES string of the molecule is O=C(NC1CC=CCC1)c1cc(I)ccc1Br. The van der Waals surface area contributed by atoms with Gasteiger partial charge in [0.2, 0.25) is 0 Å². The van der Waals surface area contributed by atoms with E-state index in [1.165, 1.54) is 0 Å². The summed E-state index contributed by atoms with van der Waals surface area (Å²) in [5.74, 6) is 0.00990. The second kappa shape index (κ2) is 6.00. The smallest absolute Gasteiger partial charge is 0.252 e. The predicted molar refractivity (Wildman–Crippen MR) is 81.1 cm³/mol. The number of amides is 1. The van der Waals surface area contributed by atoms with Crippen LogP contribution in [0.3, 0.4) is 0 Å². The molecule has 1 aliphatic carbocycles. The van der Waals surface area contributed by atoms with E-state index in [4.69, 9.17) is 0 Å². The van der Waals surface area contributed by atoms with Gasteiger partial charge in [-0.25, -0.2) is 0 Å². The Kier molecular flexibility index (Phi) is 4.62. The van der Waals surface area contributed by atoms with Crippen molar-refractivity contribution in [3.05, 3.63) is 44.0 Å². The molecule has 2 nitrogen and oxygen atoms in total. The minimum atomic E-state index is 0.00990. The van der Waals surface area contributed by atoms with Gasteiger partial charge in [-0.3, -0.25) is 4.79 Å². The molecule has 1 aromatic rings. The van der Waals surface area contributed by atoms with Gasteiger partial charge in [0.15, 0.2) is 0 Å². The molecule has 1 atom stereocenters. The Bertz CT molecular complexity index is 459. The average Bonchev–Trinajstić information content (AvgIpc) is 2.33. The Morgan fingerprint density at radius 3 is 2.94 bits per heavy atom. The van der Waals surface area contributed by atoms with Crippen LogP contribution in [0, 0.1) is 3.57 Å². The number of carbonyl (C=O) groups is 1. The maximum Gasteiger partial charge on any atom is 0.252 e. The number of rotatable bonds is 2.